The van der Waals surface area contributed by atoms with Crippen molar-refractivity contribution in [2.24, 2.45) is 17.8 Å². The number of rotatable bonds is 2. The molecule has 0 heterocycles. The lowest BCUT2D eigenvalue weighted by molar-refractivity contribution is -0.151. The van der Waals surface area contributed by atoms with Gasteiger partial charge in [-0.1, -0.05) is 25.4 Å². The molecule has 0 radical (unpaired) electrons. The Kier molecular flexibility index (Phi) is 3.62. The summed E-state index contributed by atoms with van der Waals surface area (Å²) in [5, 5.41) is 0. The van der Waals surface area contributed by atoms with Gasteiger partial charge in [0, 0.05) is 0 Å². The molecule has 0 spiro atoms. The summed E-state index contributed by atoms with van der Waals surface area (Å²) in [6.07, 6.45) is 8.32. The van der Waals surface area contributed by atoms with Gasteiger partial charge in [0.25, 0.3) is 0 Å². The molecule has 0 aromatic heterocycles. The smallest absolute Gasteiger partial charge is 0.121 e. The van der Waals surface area contributed by atoms with Crippen LogP contribution < -0.4 is 0 Å². The molecule has 4 bridgehead atoms. The van der Waals surface area contributed by atoms with Crippen LogP contribution in [-0.4, -0.2) is 11.7 Å². The fourth-order valence-corrected chi connectivity index (χ4v) is 4.56. The summed E-state index contributed by atoms with van der Waals surface area (Å²) in [7, 11) is 0. The molecule has 0 aromatic rings. The maximum atomic E-state index is 5.81. The van der Waals surface area contributed by atoms with Crippen molar-refractivity contribution < 1.29 is 4.74 Å². The van der Waals surface area contributed by atoms with Crippen molar-refractivity contribution in [3.63, 3.8) is 0 Å². The predicted molar refractivity (Wildman–Crippen MR) is 64.1 cm³/mol. The molecule has 4 aliphatic carbocycles. The third-order valence-corrected chi connectivity index (χ3v) is 4.45. The summed E-state index contributed by atoms with van der Waals surface area (Å²) in [4.78, 5) is 0. The molecule has 1 nitrogen and oxygen atoms in total. The van der Waals surface area contributed by atoms with Crippen LogP contribution >= 0.6 is 11.6 Å². The zero-order valence-corrected chi connectivity index (χ0v) is 10.7. The van der Waals surface area contributed by atoms with E-state index >= 15 is 0 Å². The Balaban J connectivity index is 0.000000404. The highest BCUT2D eigenvalue weighted by molar-refractivity contribution is 6.17. The Hall–Kier alpha value is 0.250. The van der Waals surface area contributed by atoms with Crippen molar-refractivity contribution in [1.29, 1.82) is 0 Å². The molecule has 0 aliphatic heterocycles. The zero-order valence-electron chi connectivity index (χ0n) is 9.97. The van der Waals surface area contributed by atoms with E-state index in [1.165, 1.54) is 38.5 Å². The van der Waals surface area contributed by atoms with Gasteiger partial charge in [-0.05, 0) is 56.3 Å². The highest BCUT2D eigenvalue weighted by atomic mass is 35.5. The SMILES string of the molecule is CC.ClCOC12CC3CC(CC(C3)C1)C2. The maximum absolute atomic E-state index is 5.81. The fourth-order valence-electron chi connectivity index (χ4n) is 4.32. The van der Waals surface area contributed by atoms with Crippen molar-refractivity contribution in [2.45, 2.75) is 58.0 Å². The Labute approximate surface area is 98.5 Å². The lowest BCUT2D eigenvalue weighted by Gasteiger charge is -2.56. The average Bonchev–Trinajstić information content (AvgIpc) is 2.18. The minimum atomic E-state index is 0.219. The van der Waals surface area contributed by atoms with Crippen LogP contribution in [0.5, 0.6) is 0 Å². The van der Waals surface area contributed by atoms with Gasteiger partial charge in [0.2, 0.25) is 0 Å². The molecule has 4 aliphatic rings. The zero-order chi connectivity index (χ0) is 10.9. The number of alkyl halides is 1. The van der Waals surface area contributed by atoms with Crippen LogP contribution in [0, 0.1) is 17.8 Å². The molecule has 0 atom stereocenters. The molecule has 0 aromatic carbocycles. The van der Waals surface area contributed by atoms with Gasteiger partial charge in [-0.25, -0.2) is 0 Å². The molecule has 0 N–H and O–H groups in total. The second-order valence-corrected chi connectivity index (χ2v) is 5.57. The minimum absolute atomic E-state index is 0.219. The van der Waals surface area contributed by atoms with Crippen molar-refractivity contribution in [3.05, 3.63) is 0 Å². The average molecular weight is 231 g/mol. The van der Waals surface area contributed by atoms with Crippen molar-refractivity contribution in [3.8, 4) is 0 Å². The van der Waals surface area contributed by atoms with Crippen LogP contribution in [0.2, 0.25) is 0 Å². The largest absolute Gasteiger partial charge is 0.359 e. The first-order chi connectivity index (χ1) is 7.30. The molecule has 4 fully saturated rings. The first-order valence-electron chi connectivity index (χ1n) is 6.49. The van der Waals surface area contributed by atoms with Gasteiger partial charge in [-0.3, -0.25) is 0 Å². The number of hydrogen-bond donors (Lipinski definition) is 0. The first kappa shape index (κ1) is 11.7. The second-order valence-electron chi connectivity index (χ2n) is 5.35. The standard InChI is InChI=1S/C11H17ClO.C2H6/c12-7-13-11-4-8-1-9(5-11)3-10(2-8)6-11;1-2/h8-10H,1-7H2;1-2H3. The third-order valence-electron chi connectivity index (χ3n) is 4.34. The van der Waals surface area contributed by atoms with Gasteiger partial charge < -0.3 is 4.74 Å². The molecular formula is C13H23ClO. The van der Waals surface area contributed by atoms with Gasteiger partial charge in [-0.15, -0.1) is 0 Å². The second kappa shape index (κ2) is 4.63. The molecule has 15 heavy (non-hydrogen) atoms. The number of halogens is 1. The van der Waals surface area contributed by atoms with E-state index in [1.807, 2.05) is 13.8 Å². The van der Waals surface area contributed by atoms with E-state index in [2.05, 4.69) is 0 Å². The Morgan fingerprint density at radius 3 is 1.73 bits per heavy atom. The van der Waals surface area contributed by atoms with Gasteiger partial charge in [0.05, 0.1) is 5.60 Å². The number of ether oxygens (including phenoxy) is 1. The van der Waals surface area contributed by atoms with Crippen LogP contribution in [0.1, 0.15) is 52.4 Å². The van der Waals surface area contributed by atoms with Gasteiger partial charge >= 0.3 is 0 Å². The molecule has 0 unspecified atom stereocenters. The van der Waals surface area contributed by atoms with Gasteiger partial charge in [0.15, 0.2) is 0 Å². The predicted octanol–water partition coefficient (Wildman–Crippen LogP) is 4.19. The van der Waals surface area contributed by atoms with Crippen molar-refractivity contribution >= 4 is 11.6 Å². The fraction of sp³-hybridized carbons (Fsp3) is 1.00. The van der Waals surface area contributed by atoms with E-state index < -0.39 is 0 Å². The summed E-state index contributed by atoms with van der Waals surface area (Å²) in [5.74, 6) is 2.90. The molecule has 0 amide bonds. The Bertz CT molecular complexity index is 179. The van der Waals surface area contributed by atoms with Crippen LogP contribution in [-0.2, 0) is 4.74 Å². The van der Waals surface area contributed by atoms with Crippen molar-refractivity contribution in [1.82, 2.24) is 0 Å². The topological polar surface area (TPSA) is 9.23 Å². The van der Waals surface area contributed by atoms with Crippen LogP contribution in [0.4, 0.5) is 0 Å². The van der Waals surface area contributed by atoms with E-state index in [4.69, 9.17) is 16.3 Å². The highest BCUT2D eigenvalue weighted by Gasteiger charge is 2.51. The summed E-state index contributed by atoms with van der Waals surface area (Å²) in [6.45, 7) is 4.00. The summed E-state index contributed by atoms with van der Waals surface area (Å²) in [6, 6.07) is 0.395. The van der Waals surface area contributed by atoms with E-state index in [0.29, 0.717) is 6.07 Å². The monoisotopic (exact) mass is 230 g/mol. The molecule has 2 heteroatoms. The van der Waals surface area contributed by atoms with E-state index in [-0.39, 0.29) is 5.60 Å². The first-order valence-corrected chi connectivity index (χ1v) is 7.03. The Morgan fingerprint density at radius 2 is 1.40 bits per heavy atom. The van der Waals surface area contributed by atoms with E-state index in [1.54, 1.807) is 0 Å². The maximum Gasteiger partial charge on any atom is 0.121 e. The summed E-state index contributed by atoms with van der Waals surface area (Å²) in [5.41, 5.74) is 0.219. The highest BCUT2D eigenvalue weighted by Crippen LogP contribution is 2.57. The number of hydrogen-bond acceptors (Lipinski definition) is 1. The summed E-state index contributed by atoms with van der Waals surface area (Å²) >= 11 is 5.72. The molecule has 0 saturated heterocycles. The lowest BCUT2D eigenvalue weighted by atomic mass is 9.54. The molecule has 88 valence electrons. The van der Waals surface area contributed by atoms with Crippen LogP contribution in [0.3, 0.4) is 0 Å². The minimum Gasteiger partial charge on any atom is -0.359 e. The lowest BCUT2D eigenvalue weighted by Crippen LogP contribution is -2.51. The van der Waals surface area contributed by atoms with Crippen molar-refractivity contribution in [2.75, 3.05) is 6.07 Å². The quantitative estimate of drug-likeness (QED) is 0.647. The Morgan fingerprint density at radius 1 is 1.00 bits per heavy atom. The van der Waals surface area contributed by atoms with E-state index in [9.17, 15) is 0 Å². The molecule has 4 saturated carbocycles. The molecular weight excluding hydrogens is 208 g/mol. The summed E-state index contributed by atoms with van der Waals surface area (Å²) < 4.78 is 5.81. The van der Waals surface area contributed by atoms with Crippen LogP contribution in [0.15, 0.2) is 0 Å². The van der Waals surface area contributed by atoms with Crippen LogP contribution in [0.25, 0.3) is 0 Å². The third kappa shape index (κ3) is 2.19. The van der Waals surface area contributed by atoms with Gasteiger partial charge in [-0.2, -0.15) is 0 Å². The van der Waals surface area contributed by atoms with Gasteiger partial charge in [0.1, 0.15) is 6.07 Å². The molecule has 4 rings (SSSR count). The normalized spacial score (nSPS) is 46.2. The van der Waals surface area contributed by atoms with E-state index in [0.717, 1.165) is 17.8 Å².